The van der Waals surface area contributed by atoms with Crippen molar-refractivity contribution >= 4 is 42.1 Å². The van der Waals surface area contributed by atoms with Crippen LogP contribution in [0.4, 0.5) is 0 Å². The molecule has 2 aliphatic heterocycles. The maximum atomic E-state index is 12.3. The number of halogens is 2. The van der Waals surface area contributed by atoms with Gasteiger partial charge in [-0.1, -0.05) is 6.07 Å². The molecule has 1 N–H and O–H groups in total. The predicted molar refractivity (Wildman–Crippen MR) is 97.9 cm³/mol. The van der Waals surface area contributed by atoms with E-state index in [4.69, 9.17) is 4.74 Å². The van der Waals surface area contributed by atoms with Crippen LogP contribution >= 0.6 is 36.2 Å². The number of nitrogens with zero attached hydrogens (tertiary/aromatic N) is 2. The molecular weight excluding hydrogens is 357 g/mol. The second-order valence-electron chi connectivity index (χ2n) is 5.67. The van der Waals surface area contributed by atoms with Gasteiger partial charge in [0.15, 0.2) is 0 Å². The molecule has 0 aliphatic carbocycles. The first kappa shape index (κ1) is 20.7. The third-order valence-corrected chi connectivity index (χ3v) is 4.97. The normalized spacial score (nSPS) is 22.1. The zero-order valence-electron chi connectivity index (χ0n) is 13.1. The maximum Gasteiger partial charge on any atom is 0.224 e. The summed E-state index contributed by atoms with van der Waals surface area (Å²) < 4.78 is 5.41. The van der Waals surface area contributed by atoms with Gasteiger partial charge in [0.25, 0.3) is 0 Å². The molecule has 1 aromatic heterocycles. The van der Waals surface area contributed by atoms with Gasteiger partial charge in [-0.15, -0.1) is 36.2 Å². The highest BCUT2D eigenvalue weighted by Gasteiger charge is 2.24. The highest BCUT2D eigenvalue weighted by Crippen LogP contribution is 2.14. The third kappa shape index (κ3) is 6.21. The number of piperazine rings is 1. The molecule has 1 unspecified atom stereocenters. The maximum absolute atomic E-state index is 12.3. The van der Waals surface area contributed by atoms with Crippen LogP contribution in [0.25, 0.3) is 0 Å². The molecule has 0 radical (unpaired) electrons. The van der Waals surface area contributed by atoms with Crippen molar-refractivity contribution in [3.05, 3.63) is 22.4 Å². The number of amides is 1. The minimum Gasteiger partial charge on any atom is -0.378 e. The van der Waals surface area contributed by atoms with Gasteiger partial charge in [0.2, 0.25) is 5.91 Å². The first-order chi connectivity index (χ1) is 10.3. The van der Waals surface area contributed by atoms with E-state index in [1.807, 2.05) is 4.90 Å². The quantitative estimate of drug-likeness (QED) is 0.860. The van der Waals surface area contributed by atoms with Crippen LogP contribution in [0.3, 0.4) is 0 Å². The van der Waals surface area contributed by atoms with E-state index >= 15 is 0 Å². The summed E-state index contributed by atoms with van der Waals surface area (Å²) in [7, 11) is 0. The van der Waals surface area contributed by atoms with Crippen molar-refractivity contribution in [2.75, 3.05) is 45.9 Å². The number of carbonyl (C=O) groups excluding carboxylic acids is 1. The van der Waals surface area contributed by atoms with Gasteiger partial charge in [-0.05, 0) is 11.4 Å². The summed E-state index contributed by atoms with van der Waals surface area (Å²) in [5.74, 6) is 0.258. The van der Waals surface area contributed by atoms with E-state index in [2.05, 4.69) is 27.7 Å². The summed E-state index contributed by atoms with van der Waals surface area (Å²) >= 11 is 1.80. The summed E-state index contributed by atoms with van der Waals surface area (Å²) in [5.41, 5.74) is 0. The molecule has 2 fully saturated rings. The summed E-state index contributed by atoms with van der Waals surface area (Å²) in [4.78, 5) is 18.1. The lowest BCUT2D eigenvalue weighted by molar-refractivity contribution is -0.134. The molecule has 1 atom stereocenters. The van der Waals surface area contributed by atoms with Gasteiger partial charge in [-0.25, -0.2) is 0 Å². The van der Waals surface area contributed by atoms with Crippen LogP contribution in [0.2, 0.25) is 0 Å². The Morgan fingerprint density at radius 3 is 2.70 bits per heavy atom. The predicted octanol–water partition coefficient (Wildman–Crippen LogP) is 1.61. The smallest absolute Gasteiger partial charge is 0.224 e. The lowest BCUT2D eigenvalue weighted by Crippen LogP contribution is -2.50. The molecule has 3 heterocycles. The molecule has 23 heavy (non-hydrogen) atoms. The first-order valence-electron chi connectivity index (χ1n) is 7.65. The number of carbonyl (C=O) groups is 1. The monoisotopic (exact) mass is 381 g/mol. The Morgan fingerprint density at radius 2 is 2.09 bits per heavy atom. The second kappa shape index (κ2) is 10.5. The average Bonchev–Trinajstić information content (AvgIpc) is 3.02. The highest BCUT2D eigenvalue weighted by molar-refractivity contribution is 7.09. The second-order valence-corrected chi connectivity index (χ2v) is 6.70. The van der Waals surface area contributed by atoms with Crippen molar-refractivity contribution in [1.82, 2.24) is 15.1 Å². The summed E-state index contributed by atoms with van der Waals surface area (Å²) in [6, 6.07) is 4.46. The molecule has 2 saturated heterocycles. The Balaban J connectivity index is 0.00000132. The number of thiophene rings is 1. The van der Waals surface area contributed by atoms with Crippen LogP contribution < -0.4 is 5.32 Å². The molecule has 1 amide bonds. The van der Waals surface area contributed by atoms with E-state index in [0.717, 1.165) is 45.9 Å². The fraction of sp³-hybridized carbons (Fsp3) is 0.667. The number of hydrogen-bond acceptors (Lipinski definition) is 5. The van der Waals surface area contributed by atoms with Gasteiger partial charge in [0.05, 0.1) is 13.2 Å². The van der Waals surface area contributed by atoms with Gasteiger partial charge in [0.1, 0.15) is 0 Å². The highest BCUT2D eigenvalue weighted by atomic mass is 35.5. The molecule has 5 nitrogen and oxygen atoms in total. The third-order valence-electron chi connectivity index (χ3n) is 4.10. The lowest BCUT2D eigenvalue weighted by Gasteiger charge is -2.35. The molecule has 3 rings (SSSR count). The zero-order chi connectivity index (χ0) is 14.5. The Morgan fingerprint density at radius 1 is 1.30 bits per heavy atom. The Bertz CT molecular complexity index is 448. The van der Waals surface area contributed by atoms with E-state index in [0.29, 0.717) is 13.0 Å². The van der Waals surface area contributed by atoms with Crippen LogP contribution in [-0.2, 0) is 16.1 Å². The van der Waals surface area contributed by atoms with E-state index in [9.17, 15) is 4.79 Å². The minimum atomic E-state index is 0. The van der Waals surface area contributed by atoms with Crippen molar-refractivity contribution in [1.29, 1.82) is 0 Å². The first-order valence-corrected chi connectivity index (χ1v) is 8.53. The summed E-state index contributed by atoms with van der Waals surface area (Å²) in [6.07, 6.45) is 0.560. The van der Waals surface area contributed by atoms with Gasteiger partial charge in [-0.2, -0.15) is 0 Å². The van der Waals surface area contributed by atoms with Gasteiger partial charge in [0, 0.05) is 56.6 Å². The fourth-order valence-electron chi connectivity index (χ4n) is 2.87. The molecule has 0 aromatic carbocycles. The van der Waals surface area contributed by atoms with E-state index in [-0.39, 0.29) is 36.8 Å². The molecule has 1 aromatic rings. The molecule has 0 bridgehead atoms. The van der Waals surface area contributed by atoms with Crippen molar-refractivity contribution in [2.24, 2.45) is 0 Å². The molecule has 0 spiro atoms. The van der Waals surface area contributed by atoms with Crippen LogP contribution in [0.15, 0.2) is 17.5 Å². The van der Waals surface area contributed by atoms with Gasteiger partial charge < -0.3 is 15.0 Å². The van der Waals surface area contributed by atoms with Crippen molar-refractivity contribution < 1.29 is 9.53 Å². The summed E-state index contributed by atoms with van der Waals surface area (Å²) in [5, 5.41) is 5.47. The Labute approximate surface area is 154 Å². The fourth-order valence-corrected chi connectivity index (χ4v) is 3.62. The number of nitrogens with one attached hydrogen (secondary N) is 1. The number of ether oxygens (including phenoxy) is 1. The van der Waals surface area contributed by atoms with Crippen LogP contribution in [-0.4, -0.2) is 67.7 Å². The molecule has 0 saturated carbocycles. The van der Waals surface area contributed by atoms with Gasteiger partial charge >= 0.3 is 0 Å². The van der Waals surface area contributed by atoms with Crippen molar-refractivity contribution in [2.45, 2.75) is 19.0 Å². The molecule has 132 valence electrons. The van der Waals surface area contributed by atoms with E-state index in [1.54, 1.807) is 11.3 Å². The van der Waals surface area contributed by atoms with Crippen LogP contribution in [0.1, 0.15) is 11.3 Å². The van der Waals surface area contributed by atoms with E-state index in [1.165, 1.54) is 4.88 Å². The standard InChI is InChI=1S/C15H23N3O2S.2ClH/c19-15(10-13-12-20-8-3-16-13)18-6-4-17(5-7-18)11-14-2-1-9-21-14;;/h1-2,9,13,16H,3-8,10-12H2;2*1H. The average molecular weight is 382 g/mol. The van der Waals surface area contributed by atoms with Crippen molar-refractivity contribution in [3.63, 3.8) is 0 Å². The Hall–Kier alpha value is -0.370. The van der Waals surface area contributed by atoms with E-state index < -0.39 is 0 Å². The zero-order valence-corrected chi connectivity index (χ0v) is 15.6. The molecule has 2 aliphatic rings. The molecular formula is C15H25Cl2N3O2S. The Kier molecular flexibility index (Phi) is 9.43. The topological polar surface area (TPSA) is 44.8 Å². The lowest BCUT2D eigenvalue weighted by atomic mass is 10.1. The number of hydrogen-bond donors (Lipinski definition) is 1. The SMILES string of the molecule is Cl.Cl.O=C(CC1COCCN1)N1CCN(Cc2cccs2)CC1. The minimum absolute atomic E-state index is 0. The summed E-state index contributed by atoms with van der Waals surface area (Å²) in [6.45, 7) is 6.91. The largest absolute Gasteiger partial charge is 0.378 e. The van der Waals surface area contributed by atoms with Gasteiger partial charge in [-0.3, -0.25) is 9.69 Å². The number of rotatable bonds is 4. The van der Waals surface area contributed by atoms with Crippen LogP contribution in [0.5, 0.6) is 0 Å². The van der Waals surface area contributed by atoms with Crippen LogP contribution in [0, 0.1) is 0 Å². The van der Waals surface area contributed by atoms with Crippen molar-refractivity contribution in [3.8, 4) is 0 Å². The number of morpholine rings is 1. The molecule has 8 heteroatoms.